The zero-order valence-electron chi connectivity index (χ0n) is 11.2. The molecular formula is C15H9Cl2F3O2. The van der Waals surface area contributed by atoms with Gasteiger partial charge in [-0.1, -0.05) is 23.2 Å². The average Bonchev–Trinajstić information content (AvgIpc) is 2.44. The molecule has 0 unspecified atom stereocenters. The minimum Gasteiger partial charge on any atom is -0.465 e. The van der Waals surface area contributed by atoms with Crippen molar-refractivity contribution in [3.05, 3.63) is 57.6 Å². The van der Waals surface area contributed by atoms with E-state index in [-0.39, 0.29) is 21.2 Å². The number of rotatable bonds is 2. The third kappa shape index (κ3) is 3.54. The first kappa shape index (κ1) is 16.6. The highest BCUT2D eigenvalue weighted by Gasteiger charge is 2.31. The Labute approximate surface area is 134 Å². The molecule has 0 aliphatic carbocycles. The number of halogens is 5. The van der Waals surface area contributed by atoms with Gasteiger partial charge in [0.25, 0.3) is 0 Å². The molecule has 2 aromatic rings. The van der Waals surface area contributed by atoms with Crippen LogP contribution in [0.1, 0.15) is 15.9 Å². The zero-order valence-corrected chi connectivity index (χ0v) is 12.7. The number of alkyl halides is 3. The summed E-state index contributed by atoms with van der Waals surface area (Å²) >= 11 is 11.9. The van der Waals surface area contributed by atoms with Gasteiger partial charge in [0.2, 0.25) is 0 Å². The molecule has 0 atom stereocenters. The number of hydrogen-bond donors (Lipinski definition) is 0. The van der Waals surface area contributed by atoms with Crippen molar-refractivity contribution < 1.29 is 22.7 Å². The quantitative estimate of drug-likeness (QED) is 0.673. The molecule has 0 aromatic heterocycles. The number of methoxy groups -OCH3 is 1. The summed E-state index contributed by atoms with van der Waals surface area (Å²) in [6.45, 7) is 0. The molecule has 0 bridgehead atoms. The van der Waals surface area contributed by atoms with E-state index in [1.54, 1.807) is 0 Å². The van der Waals surface area contributed by atoms with Gasteiger partial charge in [-0.15, -0.1) is 0 Å². The Bertz CT molecular complexity index is 727. The van der Waals surface area contributed by atoms with Crippen LogP contribution in [0.25, 0.3) is 11.1 Å². The molecule has 0 aliphatic heterocycles. The summed E-state index contributed by atoms with van der Waals surface area (Å²) in [5.74, 6) is -0.646. The van der Waals surface area contributed by atoms with Gasteiger partial charge in [-0.05, 0) is 42.0 Å². The number of carbonyl (C=O) groups is 1. The Balaban J connectivity index is 2.61. The molecule has 0 N–H and O–H groups in total. The van der Waals surface area contributed by atoms with Crippen LogP contribution in [0.2, 0.25) is 10.0 Å². The van der Waals surface area contributed by atoms with Gasteiger partial charge in [-0.3, -0.25) is 0 Å². The van der Waals surface area contributed by atoms with Crippen LogP contribution in [0.3, 0.4) is 0 Å². The predicted octanol–water partition coefficient (Wildman–Crippen LogP) is 5.47. The number of hydrogen-bond acceptors (Lipinski definition) is 2. The molecular weight excluding hydrogens is 340 g/mol. The first-order chi connectivity index (χ1) is 10.2. The molecule has 0 amide bonds. The highest BCUT2D eigenvalue weighted by atomic mass is 35.5. The summed E-state index contributed by atoms with van der Waals surface area (Å²) < 4.78 is 43.0. The first-order valence-electron chi connectivity index (χ1n) is 5.98. The van der Waals surface area contributed by atoms with E-state index in [0.717, 1.165) is 18.2 Å². The molecule has 2 nitrogen and oxygen atoms in total. The minimum absolute atomic E-state index is 0.117. The van der Waals surface area contributed by atoms with Crippen LogP contribution in [0.5, 0.6) is 0 Å². The Morgan fingerprint density at radius 1 is 1.09 bits per heavy atom. The lowest BCUT2D eigenvalue weighted by Crippen LogP contribution is -2.05. The van der Waals surface area contributed by atoms with Crippen molar-refractivity contribution in [3.8, 4) is 11.1 Å². The normalized spacial score (nSPS) is 11.4. The highest BCUT2D eigenvalue weighted by Crippen LogP contribution is 2.37. The molecule has 0 spiro atoms. The van der Waals surface area contributed by atoms with Crippen molar-refractivity contribution >= 4 is 29.2 Å². The summed E-state index contributed by atoms with van der Waals surface area (Å²) in [6, 6.07) is 7.11. The molecule has 0 saturated heterocycles. The molecule has 0 radical (unpaired) electrons. The van der Waals surface area contributed by atoms with E-state index >= 15 is 0 Å². The van der Waals surface area contributed by atoms with E-state index in [4.69, 9.17) is 23.2 Å². The number of benzene rings is 2. The Morgan fingerprint density at radius 3 is 2.36 bits per heavy atom. The van der Waals surface area contributed by atoms with E-state index < -0.39 is 17.7 Å². The lowest BCUT2D eigenvalue weighted by atomic mass is 10.0. The largest absolute Gasteiger partial charge is 0.465 e. The predicted molar refractivity (Wildman–Crippen MR) is 78.2 cm³/mol. The van der Waals surface area contributed by atoms with Crippen LogP contribution in [0.4, 0.5) is 13.2 Å². The molecule has 2 rings (SSSR count). The lowest BCUT2D eigenvalue weighted by molar-refractivity contribution is -0.137. The van der Waals surface area contributed by atoms with E-state index in [1.165, 1.54) is 25.3 Å². The van der Waals surface area contributed by atoms with Gasteiger partial charge in [-0.2, -0.15) is 13.2 Å². The van der Waals surface area contributed by atoms with E-state index in [0.29, 0.717) is 5.56 Å². The Morgan fingerprint density at radius 2 is 1.77 bits per heavy atom. The number of esters is 1. The smallest absolute Gasteiger partial charge is 0.416 e. The molecule has 2 aromatic carbocycles. The van der Waals surface area contributed by atoms with Gasteiger partial charge in [0.15, 0.2) is 0 Å². The van der Waals surface area contributed by atoms with Crippen molar-refractivity contribution in [2.24, 2.45) is 0 Å². The van der Waals surface area contributed by atoms with E-state index in [9.17, 15) is 18.0 Å². The second kappa shape index (κ2) is 6.18. The van der Waals surface area contributed by atoms with Crippen LogP contribution >= 0.6 is 23.2 Å². The van der Waals surface area contributed by atoms with Crippen molar-refractivity contribution in [1.82, 2.24) is 0 Å². The van der Waals surface area contributed by atoms with Crippen molar-refractivity contribution in [1.29, 1.82) is 0 Å². The van der Waals surface area contributed by atoms with Gasteiger partial charge in [-0.25, -0.2) is 4.79 Å². The monoisotopic (exact) mass is 348 g/mol. The zero-order chi connectivity index (χ0) is 16.5. The third-order valence-electron chi connectivity index (χ3n) is 2.92. The summed E-state index contributed by atoms with van der Waals surface area (Å²) in [7, 11) is 1.19. The first-order valence-corrected chi connectivity index (χ1v) is 6.74. The van der Waals surface area contributed by atoms with Crippen molar-refractivity contribution in [2.75, 3.05) is 7.11 Å². The maximum absolute atomic E-state index is 12.8. The Kier molecular flexibility index (Phi) is 4.68. The number of ether oxygens (including phenoxy) is 1. The molecule has 7 heteroatoms. The van der Waals surface area contributed by atoms with Crippen LogP contribution in [0, 0.1) is 0 Å². The van der Waals surface area contributed by atoms with Gasteiger partial charge in [0.1, 0.15) is 0 Å². The molecule has 0 fully saturated rings. The lowest BCUT2D eigenvalue weighted by Gasteiger charge is -2.12. The summed E-state index contributed by atoms with van der Waals surface area (Å²) in [4.78, 5) is 11.6. The van der Waals surface area contributed by atoms with E-state index in [2.05, 4.69) is 4.74 Å². The summed E-state index contributed by atoms with van der Waals surface area (Å²) in [5, 5.41) is 0.303. The molecule has 116 valence electrons. The summed E-state index contributed by atoms with van der Waals surface area (Å²) in [6.07, 6.45) is -4.50. The second-order valence-electron chi connectivity index (χ2n) is 4.41. The standard InChI is InChI=1S/C15H9Cl2F3O2/c1-22-14(21)9-4-8(5-11(16)6-9)12-7-10(15(18,19)20)2-3-13(12)17/h2-7H,1H3. The average molecular weight is 349 g/mol. The topological polar surface area (TPSA) is 26.3 Å². The van der Waals surface area contributed by atoms with Gasteiger partial charge in [0, 0.05) is 15.6 Å². The Hall–Kier alpha value is -1.72. The second-order valence-corrected chi connectivity index (χ2v) is 5.26. The molecule has 0 heterocycles. The fraction of sp³-hybridized carbons (Fsp3) is 0.133. The molecule has 22 heavy (non-hydrogen) atoms. The molecule has 0 aliphatic rings. The molecule has 0 saturated carbocycles. The van der Waals surface area contributed by atoms with Crippen LogP contribution in [-0.2, 0) is 10.9 Å². The van der Waals surface area contributed by atoms with E-state index in [1.807, 2.05) is 0 Å². The van der Waals surface area contributed by atoms with Crippen molar-refractivity contribution in [2.45, 2.75) is 6.18 Å². The van der Waals surface area contributed by atoms with Gasteiger partial charge >= 0.3 is 12.1 Å². The van der Waals surface area contributed by atoms with Gasteiger partial charge in [0.05, 0.1) is 18.2 Å². The number of carbonyl (C=O) groups excluding carboxylic acids is 1. The maximum Gasteiger partial charge on any atom is 0.416 e. The fourth-order valence-corrected chi connectivity index (χ4v) is 2.37. The third-order valence-corrected chi connectivity index (χ3v) is 3.47. The van der Waals surface area contributed by atoms with Crippen LogP contribution < -0.4 is 0 Å². The SMILES string of the molecule is COC(=O)c1cc(Cl)cc(-c2cc(C(F)(F)F)ccc2Cl)c1. The fourth-order valence-electron chi connectivity index (χ4n) is 1.90. The van der Waals surface area contributed by atoms with Crippen LogP contribution in [-0.4, -0.2) is 13.1 Å². The minimum atomic E-state index is -4.50. The summed E-state index contributed by atoms with van der Waals surface area (Å²) in [5.41, 5.74) is -0.293. The van der Waals surface area contributed by atoms with Crippen LogP contribution in [0.15, 0.2) is 36.4 Å². The highest BCUT2D eigenvalue weighted by molar-refractivity contribution is 6.34. The maximum atomic E-state index is 12.8. The van der Waals surface area contributed by atoms with Crippen molar-refractivity contribution in [3.63, 3.8) is 0 Å². The van der Waals surface area contributed by atoms with Gasteiger partial charge < -0.3 is 4.74 Å².